The summed E-state index contributed by atoms with van der Waals surface area (Å²) in [5.74, 6) is -1.27. The van der Waals surface area contributed by atoms with Gasteiger partial charge in [-0.05, 0) is 12.1 Å². The molecule has 4 N–H and O–H groups in total. The van der Waals surface area contributed by atoms with Gasteiger partial charge in [-0.25, -0.2) is 13.4 Å². The summed E-state index contributed by atoms with van der Waals surface area (Å²) < 4.78 is 24.1. The molecule has 1 heterocycles. The van der Waals surface area contributed by atoms with E-state index in [1.165, 1.54) is 11.1 Å². The molecule has 0 saturated heterocycles. The van der Waals surface area contributed by atoms with E-state index in [1.54, 1.807) is 18.5 Å². The molecule has 0 spiro atoms. The zero-order valence-electron chi connectivity index (χ0n) is 12.1. The molecular formula is C13H14ClN5O3S. The van der Waals surface area contributed by atoms with Gasteiger partial charge >= 0.3 is 0 Å². The molecule has 1 aromatic carbocycles. The Hall–Kier alpha value is -2.39. The van der Waals surface area contributed by atoms with E-state index in [0.717, 1.165) is 12.3 Å². The maximum Gasteiger partial charge on any atom is 0.281 e. The van der Waals surface area contributed by atoms with Crippen LogP contribution in [0.1, 0.15) is 16.8 Å². The van der Waals surface area contributed by atoms with Gasteiger partial charge in [0, 0.05) is 25.1 Å². The van der Waals surface area contributed by atoms with Crippen LogP contribution >= 0.6 is 11.6 Å². The normalized spacial score (nSPS) is 13.9. The lowest BCUT2D eigenvalue weighted by Crippen LogP contribution is -2.24. The fourth-order valence-corrected chi connectivity index (χ4v) is 3.00. The second-order valence-electron chi connectivity index (χ2n) is 4.68. The fourth-order valence-electron chi connectivity index (χ4n) is 1.90. The maximum atomic E-state index is 12.1. The molecule has 0 aromatic heterocycles. The third-order valence-electron chi connectivity index (χ3n) is 2.85. The number of allylic oxidation sites excluding steroid dienone is 1. The summed E-state index contributed by atoms with van der Waals surface area (Å²) >= 11 is 6.08. The quantitative estimate of drug-likeness (QED) is 0.610. The molecule has 23 heavy (non-hydrogen) atoms. The SMILES string of the molecule is CS(=O)(=O)c1cc(C(=O)N=C(N)N)c(Cl)cc1N1C=CCC=N1. The number of aliphatic imine (C=N–C) groups is 1. The van der Waals surface area contributed by atoms with E-state index in [-0.39, 0.29) is 21.2 Å². The van der Waals surface area contributed by atoms with Crippen molar-refractivity contribution >= 4 is 45.2 Å². The molecule has 0 bridgehead atoms. The first-order valence-corrected chi connectivity index (χ1v) is 8.63. The van der Waals surface area contributed by atoms with Crippen LogP contribution in [0, 0.1) is 0 Å². The van der Waals surface area contributed by atoms with Crippen molar-refractivity contribution in [1.29, 1.82) is 0 Å². The van der Waals surface area contributed by atoms with E-state index in [0.29, 0.717) is 6.42 Å². The Bertz CT molecular complexity index is 829. The molecule has 1 aliphatic heterocycles. The van der Waals surface area contributed by atoms with Crippen LogP contribution in [0.4, 0.5) is 5.69 Å². The number of guanidine groups is 1. The maximum absolute atomic E-state index is 12.1. The predicted octanol–water partition coefficient (Wildman–Crippen LogP) is 0.867. The Morgan fingerprint density at radius 2 is 2.09 bits per heavy atom. The first-order valence-electron chi connectivity index (χ1n) is 6.36. The Balaban J connectivity index is 2.66. The molecule has 0 radical (unpaired) electrons. The molecule has 1 aromatic rings. The van der Waals surface area contributed by atoms with Gasteiger partial charge in [0.25, 0.3) is 5.91 Å². The highest BCUT2D eigenvalue weighted by Gasteiger charge is 2.23. The number of hydrogen-bond donors (Lipinski definition) is 2. The second-order valence-corrected chi connectivity index (χ2v) is 7.07. The highest BCUT2D eigenvalue weighted by Crippen LogP contribution is 2.33. The molecule has 0 unspecified atom stereocenters. The Morgan fingerprint density at radius 3 is 2.61 bits per heavy atom. The minimum Gasteiger partial charge on any atom is -0.370 e. The zero-order chi connectivity index (χ0) is 17.2. The van der Waals surface area contributed by atoms with Gasteiger partial charge in [0.05, 0.1) is 21.2 Å². The largest absolute Gasteiger partial charge is 0.370 e. The van der Waals surface area contributed by atoms with Crippen LogP contribution in [0.3, 0.4) is 0 Å². The number of sulfone groups is 1. The number of amides is 1. The van der Waals surface area contributed by atoms with Crippen LogP contribution in [-0.2, 0) is 9.84 Å². The highest BCUT2D eigenvalue weighted by molar-refractivity contribution is 7.90. The van der Waals surface area contributed by atoms with Crippen LogP contribution in [0.5, 0.6) is 0 Å². The number of rotatable bonds is 3. The van der Waals surface area contributed by atoms with Gasteiger partial charge in [-0.1, -0.05) is 17.7 Å². The monoisotopic (exact) mass is 355 g/mol. The van der Waals surface area contributed by atoms with Crippen molar-refractivity contribution in [3.8, 4) is 0 Å². The van der Waals surface area contributed by atoms with E-state index in [1.807, 2.05) is 0 Å². The van der Waals surface area contributed by atoms with Gasteiger partial charge in [0.2, 0.25) is 0 Å². The van der Waals surface area contributed by atoms with Gasteiger partial charge in [-0.3, -0.25) is 4.79 Å². The molecular weight excluding hydrogens is 342 g/mol. The summed E-state index contributed by atoms with van der Waals surface area (Å²) in [5, 5.41) is 5.46. The summed E-state index contributed by atoms with van der Waals surface area (Å²) in [7, 11) is -3.66. The van der Waals surface area contributed by atoms with Crippen molar-refractivity contribution in [3.63, 3.8) is 0 Å². The summed E-state index contributed by atoms with van der Waals surface area (Å²) in [4.78, 5) is 15.2. The van der Waals surface area contributed by atoms with Crippen LogP contribution in [0.15, 0.2) is 39.4 Å². The zero-order valence-corrected chi connectivity index (χ0v) is 13.7. The molecule has 10 heteroatoms. The van der Waals surface area contributed by atoms with Crippen molar-refractivity contribution < 1.29 is 13.2 Å². The predicted molar refractivity (Wildman–Crippen MR) is 89.4 cm³/mol. The first-order chi connectivity index (χ1) is 10.7. The van der Waals surface area contributed by atoms with Gasteiger partial charge in [0.15, 0.2) is 15.8 Å². The molecule has 1 amide bonds. The number of carbonyl (C=O) groups excluding carboxylic acids is 1. The van der Waals surface area contributed by atoms with Crippen molar-refractivity contribution in [3.05, 3.63) is 35.0 Å². The number of nitrogens with two attached hydrogens (primary N) is 2. The van der Waals surface area contributed by atoms with Gasteiger partial charge in [-0.2, -0.15) is 10.1 Å². The van der Waals surface area contributed by atoms with Crippen molar-refractivity contribution in [2.24, 2.45) is 21.6 Å². The van der Waals surface area contributed by atoms with E-state index >= 15 is 0 Å². The molecule has 8 nitrogen and oxygen atoms in total. The number of benzene rings is 1. The number of nitrogens with zero attached hydrogens (tertiary/aromatic N) is 3. The van der Waals surface area contributed by atoms with E-state index in [9.17, 15) is 13.2 Å². The average molecular weight is 356 g/mol. The minimum absolute atomic E-state index is 0.0107. The lowest BCUT2D eigenvalue weighted by atomic mass is 10.2. The summed E-state index contributed by atoms with van der Waals surface area (Å²) in [6.07, 6.45) is 6.67. The van der Waals surface area contributed by atoms with Crippen LogP contribution < -0.4 is 16.5 Å². The van der Waals surface area contributed by atoms with Crippen molar-refractivity contribution in [2.45, 2.75) is 11.3 Å². The minimum atomic E-state index is -3.66. The van der Waals surface area contributed by atoms with Crippen LogP contribution in [0.2, 0.25) is 5.02 Å². The summed E-state index contributed by atoms with van der Waals surface area (Å²) in [5.41, 5.74) is 10.4. The van der Waals surface area contributed by atoms with Gasteiger partial charge in [0.1, 0.15) is 0 Å². The number of hydrogen-bond acceptors (Lipinski definition) is 5. The molecule has 0 atom stereocenters. The van der Waals surface area contributed by atoms with Crippen LogP contribution in [-0.4, -0.2) is 32.8 Å². The van der Waals surface area contributed by atoms with Crippen LogP contribution in [0.25, 0.3) is 0 Å². The second kappa shape index (κ2) is 6.39. The standard InChI is InChI=1S/C13H14ClN5O3S/c1-23(21,22)11-6-8(12(20)18-13(15)16)9(14)7-10(11)19-5-3-2-4-17-19/h3-7H,2H2,1H3,(H4,15,16,18,20). The van der Waals surface area contributed by atoms with Gasteiger partial charge < -0.3 is 11.5 Å². The number of hydrazone groups is 1. The highest BCUT2D eigenvalue weighted by atomic mass is 35.5. The number of carbonyl (C=O) groups is 1. The van der Waals surface area contributed by atoms with E-state index in [4.69, 9.17) is 23.1 Å². The van der Waals surface area contributed by atoms with E-state index in [2.05, 4.69) is 10.1 Å². The molecule has 0 aliphatic carbocycles. The summed E-state index contributed by atoms with van der Waals surface area (Å²) in [6, 6.07) is 2.47. The molecule has 1 aliphatic rings. The Kier molecular flexibility index (Phi) is 4.71. The Labute approximate surface area is 138 Å². The Morgan fingerprint density at radius 1 is 1.39 bits per heavy atom. The van der Waals surface area contributed by atoms with Crippen molar-refractivity contribution in [2.75, 3.05) is 11.3 Å². The third-order valence-corrected chi connectivity index (χ3v) is 4.29. The molecule has 122 valence electrons. The molecule has 2 rings (SSSR count). The summed E-state index contributed by atoms with van der Waals surface area (Å²) in [6.45, 7) is 0. The van der Waals surface area contributed by atoms with E-state index < -0.39 is 21.7 Å². The smallest absolute Gasteiger partial charge is 0.281 e. The molecule has 0 saturated carbocycles. The average Bonchev–Trinajstić information content (AvgIpc) is 2.45. The van der Waals surface area contributed by atoms with Crippen molar-refractivity contribution in [1.82, 2.24) is 0 Å². The number of halogens is 1. The lowest BCUT2D eigenvalue weighted by Gasteiger charge is -2.20. The van der Waals surface area contributed by atoms with Gasteiger partial charge in [-0.15, -0.1) is 0 Å². The third kappa shape index (κ3) is 3.88. The topological polar surface area (TPSA) is 131 Å². The lowest BCUT2D eigenvalue weighted by molar-refractivity contribution is 0.100. The fraction of sp³-hybridized carbons (Fsp3) is 0.154. The number of anilines is 1. The molecule has 0 fully saturated rings. The first kappa shape index (κ1) is 17.0.